The molecule has 2 aromatic carbocycles. The van der Waals surface area contributed by atoms with E-state index in [4.69, 9.17) is 11.6 Å². The first-order valence-electron chi connectivity index (χ1n) is 6.13. The first-order chi connectivity index (χ1) is 10.3. The Kier molecular flexibility index (Phi) is 5.23. The van der Waals surface area contributed by atoms with E-state index < -0.39 is 15.9 Å². The third kappa shape index (κ3) is 3.86. The van der Waals surface area contributed by atoms with Gasteiger partial charge in [0.05, 0.1) is 10.5 Å². The van der Waals surface area contributed by atoms with Crippen LogP contribution >= 0.6 is 27.5 Å². The van der Waals surface area contributed by atoms with E-state index in [1.54, 1.807) is 24.3 Å². The van der Waals surface area contributed by atoms with Crippen LogP contribution in [0.15, 0.2) is 51.8 Å². The number of rotatable bonds is 4. The molecular weight excluding hydrogens is 392 g/mol. The summed E-state index contributed by atoms with van der Waals surface area (Å²) in [5.41, 5.74) is 0.773. The zero-order valence-corrected chi connectivity index (χ0v) is 14.6. The van der Waals surface area contributed by atoms with Gasteiger partial charge in [-0.1, -0.05) is 11.6 Å². The summed E-state index contributed by atoms with van der Waals surface area (Å²) in [7, 11) is -2.31. The monoisotopic (exact) mass is 402 g/mol. The Labute approximate surface area is 141 Å². The lowest BCUT2D eigenvalue weighted by molar-refractivity contribution is 0.102. The number of anilines is 1. The fourth-order valence-corrected chi connectivity index (χ4v) is 3.00. The Balaban J connectivity index is 2.33. The Morgan fingerprint density at radius 1 is 1.14 bits per heavy atom. The SMILES string of the molecule is CNS(=O)(=O)c1ccc(Br)c(C(=O)Nc2ccc(Cl)cc2)c1. The molecule has 0 saturated heterocycles. The molecule has 2 N–H and O–H groups in total. The molecule has 0 unspecified atom stereocenters. The first kappa shape index (κ1) is 17.0. The van der Waals surface area contributed by atoms with Gasteiger partial charge in [0, 0.05) is 15.2 Å². The predicted octanol–water partition coefficient (Wildman–Crippen LogP) is 3.26. The maximum Gasteiger partial charge on any atom is 0.256 e. The van der Waals surface area contributed by atoms with E-state index in [2.05, 4.69) is 26.0 Å². The fourth-order valence-electron chi connectivity index (χ4n) is 1.70. The van der Waals surface area contributed by atoms with Gasteiger partial charge in [0.15, 0.2) is 0 Å². The molecule has 0 aliphatic heterocycles. The number of carbonyl (C=O) groups is 1. The largest absolute Gasteiger partial charge is 0.322 e. The second-order valence-corrected chi connectivity index (χ2v) is 7.49. The molecule has 0 fully saturated rings. The van der Waals surface area contributed by atoms with Crippen LogP contribution in [0.4, 0.5) is 5.69 Å². The van der Waals surface area contributed by atoms with Crippen molar-refractivity contribution in [1.82, 2.24) is 4.72 Å². The van der Waals surface area contributed by atoms with E-state index in [1.165, 1.54) is 25.2 Å². The lowest BCUT2D eigenvalue weighted by atomic mass is 10.2. The molecule has 5 nitrogen and oxygen atoms in total. The molecule has 0 atom stereocenters. The van der Waals surface area contributed by atoms with Crippen molar-refractivity contribution in [2.24, 2.45) is 0 Å². The molecule has 0 saturated carbocycles. The number of benzene rings is 2. The number of nitrogens with one attached hydrogen (secondary N) is 2. The number of halogens is 2. The van der Waals surface area contributed by atoms with Crippen molar-refractivity contribution in [3.8, 4) is 0 Å². The smallest absolute Gasteiger partial charge is 0.256 e. The molecule has 0 spiro atoms. The molecule has 1 amide bonds. The van der Waals surface area contributed by atoms with Crippen LogP contribution in [0.25, 0.3) is 0 Å². The van der Waals surface area contributed by atoms with Crippen LogP contribution in [0, 0.1) is 0 Å². The van der Waals surface area contributed by atoms with Gasteiger partial charge in [-0.15, -0.1) is 0 Å². The standard InChI is InChI=1S/C14H12BrClN2O3S/c1-17-22(20,21)11-6-7-13(15)12(8-11)14(19)18-10-4-2-9(16)3-5-10/h2-8,17H,1H3,(H,18,19). The predicted molar refractivity (Wildman–Crippen MR) is 89.8 cm³/mol. The van der Waals surface area contributed by atoms with Crippen LogP contribution in [-0.4, -0.2) is 21.4 Å². The van der Waals surface area contributed by atoms with Gasteiger partial charge < -0.3 is 5.32 Å². The van der Waals surface area contributed by atoms with Gasteiger partial charge in [0.25, 0.3) is 5.91 Å². The van der Waals surface area contributed by atoms with E-state index in [0.29, 0.717) is 15.2 Å². The molecule has 0 aliphatic carbocycles. The van der Waals surface area contributed by atoms with Crippen LogP contribution in [0.3, 0.4) is 0 Å². The molecule has 0 aliphatic rings. The Hall–Kier alpha value is -1.41. The fraction of sp³-hybridized carbons (Fsp3) is 0.0714. The summed E-state index contributed by atoms with van der Waals surface area (Å²) in [5, 5.41) is 3.24. The summed E-state index contributed by atoms with van der Waals surface area (Å²) < 4.78 is 26.3. The van der Waals surface area contributed by atoms with Crippen molar-refractivity contribution < 1.29 is 13.2 Å². The average Bonchev–Trinajstić information content (AvgIpc) is 2.49. The maximum absolute atomic E-state index is 12.3. The van der Waals surface area contributed by atoms with Crippen LogP contribution in [0.5, 0.6) is 0 Å². The maximum atomic E-state index is 12.3. The van der Waals surface area contributed by atoms with Gasteiger partial charge in [0.2, 0.25) is 10.0 Å². The van der Waals surface area contributed by atoms with E-state index in [0.717, 1.165) is 0 Å². The molecule has 0 radical (unpaired) electrons. The molecule has 2 rings (SSSR count). The molecule has 8 heteroatoms. The lowest BCUT2D eigenvalue weighted by Crippen LogP contribution is -2.20. The van der Waals surface area contributed by atoms with Gasteiger partial charge in [-0.25, -0.2) is 13.1 Å². The second-order valence-electron chi connectivity index (χ2n) is 4.31. The van der Waals surface area contributed by atoms with E-state index >= 15 is 0 Å². The van der Waals surface area contributed by atoms with Crippen LogP contribution in [0.2, 0.25) is 5.02 Å². The van der Waals surface area contributed by atoms with Crippen molar-refractivity contribution in [1.29, 1.82) is 0 Å². The summed E-state index contributed by atoms with van der Waals surface area (Å²) >= 11 is 9.03. The van der Waals surface area contributed by atoms with Gasteiger partial charge in [-0.3, -0.25) is 4.79 Å². The third-order valence-corrected chi connectivity index (χ3v) is 5.22. The molecule has 2 aromatic rings. The topological polar surface area (TPSA) is 75.3 Å². The highest BCUT2D eigenvalue weighted by atomic mass is 79.9. The second kappa shape index (κ2) is 6.78. The van der Waals surface area contributed by atoms with Gasteiger partial charge in [-0.05, 0) is 65.4 Å². The number of carbonyl (C=O) groups excluding carboxylic acids is 1. The molecule has 22 heavy (non-hydrogen) atoms. The van der Waals surface area contributed by atoms with Crippen LogP contribution in [0.1, 0.15) is 10.4 Å². The van der Waals surface area contributed by atoms with Crippen molar-refractivity contribution >= 4 is 49.1 Å². The average molecular weight is 404 g/mol. The minimum absolute atomic E-state index is 0.0134. The first-order valence-corrected chi connectivity index (χ1v) is 8.79. The highest BCUT2D eigenvalue weighted by Crippen LogP contribution is 2.22. The Morgan fingerprint density at radius 2 is 1.77 bits per heavy atom. The molecular formula is C14H12BrClN2O3S. The normalized spacial score (nSPS) is 11.2. The minimum Gasteiger partial charge on any atom is -0.322 e. The minimum atomic E-state index is -3.62. The summed E-state index contributed by atoms with van der Waals surface area (Å²) in [6.07, 6.45) is 0. The van der Waals surface area contributed by atoms with E-state index in [9.17, 15) is 13.2 Å². The molecule has 0 bridgehead atoms. The summed E-state index contributed by atoms with van der Waals surface area (Å²) in [6.45, 7) is 0. The number of sulfonamides is 1. The third-order valence-electron chi connectivity index (χ3n) is 2.86. The van der Waals surface area contributed by atoms with Crippen LogP contribution in [-0.2, 0) is 10.0 Å². The number of hydrogen-bond acceptors (Lipinski definition) is 3. The Bertz CT molecular complexity index is 807. The van der Waals surface area contributed by atoms with Crippen molar-refractivity contribution in [2.45, 2.75) is 4.90 Å². The molecule has 0 aromatic heterocycles. The van der Waals surface area contributed by atoms with Gasteiger partial charge in [0.1, 0.15) is 0 Å². The zero-order chi connectivity index (χ0) is 16.3. The Morgan fingerprint density at radius 3 is 2.36 bits per heavy atom. The zero-order valence-electron chi connectivity index (χ0n) is 11.4. The van der Waals surface area contributed by atoms with E-state index in [1.807, 2.05) is 0 Å². The number of hydrogen-bond donors (Lipinski definition) is 2. The van der Waals surface area contributed by atoms with Crippen molar-refractivity contribution in [2.75, 3.05) is 12.4 Å². The summed E-state index contributed by atoms with van der Waals surface area (Å²) in [4.78, 5) is 12.3. The van der Waals surface area contributed by atoms with Gasteiger partial charge >= 0.3 is 0 Å². The lowest BCUT2D eigenvalue weighted by Gasteiger charge is -2.09. The van der Waals surface area contributed by atoms with Crippen molar-refractivity contribution in [3.63, 3.8) is 0 Å². The number of amides is 1. The van der Waals surface area contributed by atoms with E-state index in [-0.39, 0.29) is 10.5 Å². The van der Waals surface area contributed by atoms with Gasteiger partial charge in [-0.2, -0.15) is 0 Å². The summed E-state index contributed by atoms with van der Waals surface area (Å²) in [5.74, 6) is -0.428. The molecule has 116 valence electrons. The quantitative estimate of drug-likeness (QED) is 0.823. The highest BCUT2D eigenvalue weighted by molar-refractivity contribution is 9.10. The van der Waals surface area contributed by atoms with Crippen molar-refractivity contribution in [3.05, 3.63) is 57.5 Å². The highest BCUT2D eigenvalue weighted by Gasteiger charge is 2.17. The summed E-state index contributed by atoms with van der Waals surface area (Å²) in [6, 6.07) is 10.8. The molecule has 0 heterocycles. The van der Waals surface area contributed by atoms with Crippen LogP contribution < -0.4 is 10.0 Å².